The molecule has 4 rings (SSSR count). The molecule has 0 fully saturated rings. The fourth-order valence-electron chi connectivity index (χ4n) is 5.15. The van der Waals surface area contributed by atoms with Crippen LogP contribution in [0.1, 0.15) is 47.1 Å². The smallest absolute Gasteiger partial charge is 0.278 e. The zero-order valence-corrected chi connectivity index (χ0v) is 26.1. The van der Waals surface area contributed by atoms with Gasteiger partial charge in [0.05, 0.1) is 0 Å². The zero-order valence-electron chi connectivity index (χ0n) is 26.1. The summed E-state index contributed by atoms with van der Waals surface area (Å²) in [5, 5.41) is 8.94. The van der Waals surface area contributed by atoms with Crippen LogP contribution in [0.25, 0.3) is 0 Å². The molecule has 0 aliphatic heterocycles. The summed E-state index contributed by atoms with van der Waals surface area (Å²) in [5.41, 5.74) is 9.49. The van der Waals surface area contributed by atoms with E-state index in [9.17, 15) is 14.4 Å². The Balaban J connectivity index is 1.44. The van der Waals surface area contributed by atoms with Crippen LogP contribution in [0.2, 0.25) is 0 Å². The third-order valence-corrected chi connectivity index (χ3v) is 7.98. The lowest BCUT2D eigenvalue weighted by molar-refractivity contribution is -0.405. The van der Waals surface area contributed by atoms with Crippen molar-refractivity contribution in [1.29, 1.82) is 0 Å². The standard InChI is InChI=1S/C38H44N4O3/c1-28-17-19-32(20-18-28)27-40-37(44)34(25-22-30-13-7-3-8-14-30)42-38(45)35(26-23-31-15-9-4-10-16-31)41-36(43)33(39)24-21-29-11-5-2-6-12-29/h2-20,33-35H,21-27,39H2,1H3,(H,40,44)(H,41,43)(H,42,45)/p+1/t33-,34-,35-/m0/s1. The monoisotopic (exact) mass is 605 g/mol. The van der Waals surface area contributed by atoms with Crippen LogP contribution in [0.4, 0.5) is 0 Å². The van der Waals surface area contributed by atoms with Crippen LogP contribution in [0, 0.1) is 6.92 Å². The zero-order chi connectivity index (χ0) is 31.9. The number of hydrogen-bond acceptors (Lipinski definition) is 3. The molecular weight excluding hydrogens is 560 g/mol. The molecular formula is C38H45N4O3+. The molecule has 6 N–H and O–H groups in total. The lowest BCUT2D eigenvalue weighted by Gasteiger charge is -2.24. The Morgan fingerprint density at radius 3 is 1.44 bits per heavy atom. The Hall–Kier alpha value is -4.75. The molecule has 234 valence electrons. The number of carbonyl (C=O) groups excluding carboxylic acids is 3. The van der Waals surface area contributed by atoms with Gasteiger partial charge in [-0.3, -0.25) is 14.4 Å². The average molecular weight is 606 g/mol. The summed E-state index contributed by atoms with van der Waals surface area (Å²) in [4.78, 5) is 40.6. The summed E-state index contributed by atoms with van der Waals surface area (Å²) >= 11 is 0. The van der Waals surface area contributed by atoms with Gasteiger partial charge >= 0.3 is 0 Å². The van der Waals surface area contributed by atoms with Crippen molar-refractivity contribution in [2.24, 2.45) is 0 Å². The molecule has 3 atom stereocenters. The Bertz CT molecular complexity index is 1480. The molecule has 0 radical (unpaired) electrons. The molecule has 3 amide bonds. The quantitative estimate of drug-likeness (QED) is 0.154. The Morgan fingerprint density at radius 1 is 0.533 bits per heavy atom. The van der Waals surface area contributed by atoms with Crippen molar-refractivity contribution >= 4 is 17.7 Å². The van der Waals surface area contributed by atoms with Gasteiger partial charge in [-0.15, -0.1) is 0 Å². The number of rotatable bonds is 16. The Labute approximate surface area is 266 Å². The highest BCUT2D eigenvalue weighted by Crippen LogP contribution is 2.11. The van der Waals surface area contributed by atoms with Gasteiger partial charge in [0.15, 0.2) is 6.04 Å². The van der Waals surface area contributed by atoms with E-state index in [1.54, 1.807) is 0 Å². The summed E-state index contributed by atoms with van der Waals surface area (Å²) in [6, 6.07) is 35.6. The summed E-state index contributed by atoms with van der Waals surface area (Å²) in [7, 11) is 0. The second-order valence-electron chi connectivity index (χ2n) is 11.6. The van der Waals surface area contributed by atoms with Crippen molar-refractivity contribution in [2.75, 3.05) is 0 Å². The van der Waals surface area contributed by atoms with Gasteiger partial charge in [0, 0.05) is 13.0 Å². The SMILES string of the molecule is Cc1ccc(CNC(=O)[C@H](CCc2ccccc2)NC(=O)[C@H](CCc2ccccc2)NC(=O)[C@@H]([NH3+])CCc2ccccc2)cc1. The molecule has 0 heterocycles. The highest BCUT2D eigenvalue weighted by atomic mass is 16.2. The van der Waals surface area contributed by atoms with E-state index in [2.05, 4.69) is 21.7 Å². The molecule has 0 aliphatic rings. The highest BCUT2D eigenvalue weighted by molar-refractivity contribution is 5.92. The first-order valence-electron chi connectivity index (χ1n) is 15.8. The summed E-state index contributed by atoms with van der Waals surface area (Å²) < 4.78 is 0. The van der Waals surface area contributed by atoms with Gasteiger partial charge in [-0.1, -0.05) is 121 Å². The van der Waals surface area contributed by atoms with E-state index in [0.29, 0.717) is 45.1 Å². The first-order valence-corrected chi connectivity index (χ1v) is 15.8. The van der Waals surface area contributed by atoms with Crippen LogP contribution in [-0.2, 0) is 40.2 Å². The van der Waals surface area contributed by atoms with Gasteiger partial charge in [0.2, 0.25) is 11.8 Å². The molecule has 0 unspecified atom stereocenters. The Morgan fingerprint density at radius 2 is 0.956 bits per heavy atom. The maximum Gasteiger partial charge on any atom is 0.278 e. The minimum atomic E-state index is -0.817. The van der Waals surface area contributed by atoms with Crippen LogP contribution in [0.3, 0.4) is 0 Å². The summed E-state index contributed by atoms with van der Waals surface area (Å²) in [6.45, 7) is 2.38. The molecule has 7 nitrogen and oxygen atoms in total. The topological polar surface area (TPSA) is 115 Å². The number of quaternary nitrogens is 1. The number of carbonyl (C=O) groups is 3. The van der Waals surface area contributed by atoms with Gasteiger partial charge in [0.1, 0.15) is 12.1 Å². The first-order chi connectivity index (χ1) is 21.9. The number of hydrogen-bond donors (Lipinski definition) is 4. The van der Waals surface area contributed by atoms with E-state index in [4.69, 9.17) is 0 Å². The van der Waals surface area contributed by atoms with E-state index < -0.39 is 18.1 Å². The van der Waals surface area contributed by atoms with E-state index in [1.165, 1.54) is 0 Å². The third kappa shape index (κ3) is 11.4. The van der Waals surface area contributed by atoms with Gasteiger partial charge in [-0.2, -0.15) is 0 Å². The lowest BCUT2D eigenvalue weighted by Crippen LogP contribution is -2.69. The van der Waals surface area contributed by atoms with E-state index in [0.717, 1.165) is 27.8 Å². The predicted octanol–water partition coefficient (Wildman–Crippen LogP) is 4.09. The third-order valence-electron chi connectivity index (χ3n) is 7.98. The van der Waals surface area contributed by atoms with Crippen molar-refractivity contribution < 1.29 is 20.1 Å². The molecule has 4 aromatic carbocycles. The van der Waals surface area contributed by atoms with Crippen molar-refractivity contribution in [3.63, 3.8) is 0 Å². The van der Waals surface area contributed by atoms with Crippen molar-refractivity contribution in [3.8, 4) is 0 Å². The van der Waals surface area contributed by atoms with Crippen molar-refractivity contribution in [3.05, 3.63) is 143 Å². The van der Waals surface area contributed by atoms with Crippen LogP contribution >= 0.6 is 0 Å². The molecule has 4 aromatic rings. The number of amides is 3. The van der Waals surface area contributed by atoms with Gasteiger partial charge in [-0.05, 0) is 61.3 Å². The van der Waals surface area contributed by atoms with Crippen LogP contribution in [0.5, 0.6) is 0 Å². The molecule has 0 bridgehead atoms. The van der Waals surface area contributed by atoms with Crippen LogP contribution in [0.15, 0.2) is 115 Å². The molecule has 0 saturated heterocycles. The predicted molar refractivity (Wildman–Crippen MR) is 178 cm³/mol. The second kappa shape index (κ2) is 17.5. The minimum absolute atomic E-state index is 0.258. The molecule has 0 aliphatic carbocycles. The second-order valence-corrected chi connectivity index (χ2v) is 11.6. The number of benzene rings is 4. The summed E-state index contributed by atoms with van der Waals surface area (Å²) in [5.74, 6) is -0.909. The maximum atomic E-state index is 13.8. The number of aryl methyl sites for hydroxylation is 4. The highest BCUT2D eigenvalue weighted by Gasteiger charge is 2.29. The molecule has 7 heteroatoms. The largest absolute Gasteiger partial charge is 0.350 e. The van der Waals surface area contributed by atoms with Gasteiger partial charge in [-0.25, -0.2) is 0 Å². The Kier molecular flexibility index (Phi) is 12.9. The minimum Gasteiger partial charge on any atom is -0.350 e. The van der Waals surface area contributed by atoms with E-state index >= 15 is 0 Å². The van der Waals surface area contributed by atoms with Crippen LogP contribution < -0.4 is 21.7 Å². The van der Waals surface area contributed by atoms with Crippen LogP contribution in [-0.4, -0.2) is 35.8 Å². The molecule has 45 heavy (non-hydrogen) atoms. The fraction of sp³-hybridized carbons (Fsp3) is 0.289. The molecule has 0 aromatic heterocycles. The van der Waals surface area contributed by atoms with E-state index in [1.807, 2.05) is 122 Å². The maximum absolute atomic E-state index is 13.8. The normalized spacial score (nSPS) is 12.8. The lowest BCUT2D eigenvalue weighted by atomic mass is 10.0. The fourth-order valence-corrected chi connectivity index (χ4v) is 5.15. The average Bonchev–Trinajstić information content (AvgIpc) is 3.08. The van der Waals surface area contributed by atoms with Gasteiger partial charge in [0.25, 0.3) is 5.91 Å². The summed E-state index contributed by atoms with van der Waals surface area (Å²) in [6.07, 6.45) is 3.30. The molecule has 0 saturated carbocycles. The van der Waals surface area contributed by atoms with E-state index in [-0.39, 0.29) is 17.7 Å². The van der Waals surface area contributed by atoms with Gasteiger partial charge < -0.3 is 21.7 Å². The van der Waals surface area contributed by atoms with Crippen molar-refractivity contribution in [2.45, 2.75) is 70.1 Å². The number of nitrogens with one attached hydrogen (secondary N) is 3. The first kappa shape index (κ1) is 33.1. The molecule has 0 spiro atoms. The van der Waals surface area contributed by atoms with Crippen molar-refractivity contribution in [1.82, 2.24) is 16.0 Å².